The topological polar surface area (TPSA) is 72.4 Å². The number of aromatic nitrogens is 3. The average molecular weight is 375 g/mol. The molecule has 2 aromatic rings. The van der Waals surface area contributed by atoms with Gasteiger partial charge in [0, 0.05) is 25.3 Å². The van der Waals surface area contributed by atoms with Gasteiger partial charge in [0.1, 0.15) is 0 Å². The standard InChI is InChI=1S/C18H25N5O2S/c1-12-17(26-13(2)20-12)16-3-5-19-18(22-16)23-6-4-14(9-23)21-15-10-24-7-8-25-11-15/h3,5,14-15,21H,4,6-11H2,1-2H3. The summed E-state index contributed by atoms with van der Waals surface area (Å²) in [5, 5.41) is 4.73. The van der Waals surface area contributed by atoms with E-state index in [2.05, 4.69) is 20.2 Å². The van der Waals surface area contributed by atoms with Crippen LogP contribution in [-0.2, 0) is 9.47 Å². The van der Waals surface area contributed by atoms with Crippen LogP contribution in [0.4, 0.5) is 5.95 Å². The Kier molecular flexibility index (Phi) is 5.44. The fourth-order valence-corrected chi connectivity index (χ4v) is 4.41. The number of nitrogens with one attached hydrogen (secondary N) is 1. The SMILES string of the molecule is Cc1nc(C)c(-c2ccnc(N3CCC(NC4COCCOC4)C3)n2)s1. The number of hydrogen-bond donors (Lipinski definition) is 1. The second-order valence-corrected chi connectivity index (χ2v) is 8.04. The van der Waals surface area contributed by atoms with E-state index in [1.165, 1.54) is 0 Å². The molecule has 2 saturated heterocycles. The molecule has 26 heavy (non-hydrogen) atoms. The van der Waals surface area contributed by atoms with Gasteiger partial charge in [0.2, 0.25) is 5.95 Å². The van der Waals surface area contributed by atoms with Crippen LogP contribution in [0.5, 0.6) is 0 Å². The number of hydrogen-bond acceptors (Lipinski definition) is 8. The molecular formula is C18H25N5O2S. The lowest BCUT2D eigenvalue weighted by atomic mass is 10.2. The zero-order chi connectivity index (χ0) is 17.9. The molecule has 1 N–H and O–H groups in total. The van der Waals surface area contributed by atoms with Gasteiger partial charge in [0.15, 0.2) is 0 Å². The molecular weight excluding hydrogens is 350 g/mol. The van der Waals surface area contributed by atoms with Crippen LogP contribution >= 0.6 is 11.3 Å². The predicted octanol–water partition coefficient (Wildman–Crippen LogP) is 1.80. The lowest BCUT2D eigenvalue weighted by molar-refractivity contribution is 0.103. The predicted molar refractivity (Wildman–Crippen MR) is 102 cm³/mol. The number of rotatable bonds is 4. The smallest absolute Gasteiger partial charge is 0.225 e. The number of nitrogens with zero attached hydrogens (tertiary/aromatic N) is 4. The van der Waals surface area contributed by atoms with Crippen molar-refractivity contribution in [2.75, 3.05) is 44.4 Å². The molecule has 1 unspecified atom stereocenters. The van der Waals surface area contributed by atoms with Crippen molar-refractivity contribution in [2.24, 2.45) is 0 Å². The maximum Gasteiger partial charge on any atom is 0.225 e. The number of ether oxygens (including phenoxy) is 2. The lowest BCUT2D eigenvalue weighted by Gasteiger charge is -2.21. The molecule has 0 bridgehead atoms. The van der Waals surface area contributed by atoms with Crippen molar-refractivity contribution >= 4 is 17.3 Å². The van der Waals surface area contributed by atoms with Crippen molar-refractivity contribution in [3.8, 4) is 10.6 Å². The van der Waals surface area contributed by atoms with Crippen LogP contribution in [0.25, 0.3) is 10.6 Å². The van der Waals surface area contributed by atoms with Gasteiger partial charge >= 0.3 is 0 Å². The van der Waals surface area contributed by atoms with E-state index < -0.39 is 0 Å². The molecule has 0 saturated carbocycles. The highest BCUT2D eigenvalue weighted by Crippen LogP contribution is 2.29. The minimum Gasteiger partial charge on any atom is -0.377 e. The molecule has 0 amide bonds. The number of aryl methyl sites for hydroxylation is 2. The van der Waals surface area contributed by atoms with E-state index >= 15 is 0 Å². The van der Waals surface area contributed by atoms with Crippen LogP contribution < -0.4 is 10.2 Å². The van der Waals surface area contributed by atoms with E-state index in [0.717, 1.165) is 46.7 Å². The Hall–Kier alpha value is -1.61. The van der Waals surface area contributed by atoms with Crippen molar-refractivity contribution in [1.29, 1.82) is 0 Å². The molecule has 2 fully saturated rings. The highest BCUT2D eigenvalue weighted by molar-refractivity contribution is 7.15. The monoisotopic (exact) mass is 375 g/mol. The van der Waals surface area contributed by atoms with Crippen LogP contribution in [0.15, 0.2) is 12.3 Å². The first kappa shape index (κ1) is 17.8. The third kappa shape index (κ3) is 4.03. The van der Waals surface area contributed by atoms with Gasteiger partial charge in [-0.15, -0.1) is 11.3 Å². The molecule has 0 aliphatic carbocycles. The summed E-state index contributed by atoms with van der Waals surface area (Å²) in [6.45, 7) is 8.72. The van der Waals surface area contributed by atoms with Crippen LogP contribution in [-0.4, -0.2) is 66.6 Å². The molecule has 0 radical (unpaired) electrons. The van der Waals surface area contributed by atoms with Gasteiger partial charge in [-0.1, -0.05) is 0 Å². The minimum absolute atomic E-state index is 0.262. The molecule has 2 aliphatic rings. The van der Waals surface area contributed by atoms with Gasteiger partial charge in [0.25, 0.3) is 0 Å². The van der Waals surface area contributed by atoms with Gasteiger partial charge in [-0.05, 0) is 26.3 Å². The zero-order valence-corrected chi connectivity index (χ0v) is 16.1. The van der Waals surface area contributed by atoms with Crippen molar-refractivity contribution in [1.82, 2.24) is 20.3 Å². The second kappa shape index (κ2) is 7.96. The maximum absolute atomic E-state index is 5.58. The number of thiazole rings is 1. The van der Waals surface area contributed by atoms with Crippen molar-refractivity contribution in [3.05, 3.63) is 23.0 Å². The van der Waals surface area contributed by atoms with Crippen molar-refractivity contribution in [3.63, 3.8) is 0 Å². The Labute approximate surface area is 157 Å². The quantitative estimate of drug-likeness (QED) is 0.873. The molecule has 0 aromatic carbocycles. The van der Waals surface area contributed by atoms with E-state index in [1.54, 1.807) is 11.3 Å². The van der Waals surface area contributed by atoms with Crippen molar-refractivity contribution in [2.45, 2.75) is 32.4 Å². The molecule has 140 valence electrons. The summed E-state index contributed by atoms with van der Waals surface area (Å²) in [7, 11) is 0. The summed E-state index contributed by atoms with van der Waals surface area (Å²) in [6, 6.07) is 2.64. The van der Waals surface area contributed by atoms with Gasteiger partial charge in [-0.3, -0.25) is 0 Å². The van der Waals surface area contributed by atoms with Crippen LogP contribution in [0.3, 0.4) is 0 Å². The van der Waals surface area contributed by atoms with Gasteiger partial charge in [-0.25, -0.2) is 15.0 Å². The molecule has 1 atom stereocenters. The Morgan fingerprint density at radius 1 is 1.15 bits per heavy atom. The average Bonchev–Trinajstić information content (AvgIpc) is 3.14. The number of anilines is 1. The summed E-state index contributed by atoms with van der Waals surface area (Å²) >= 11 is 1.68. The van der Waals surface area contributed by atoms with Gasteiger partial charge in [-0.2, -0.15) is 0 Å². The molecule has 4 rings (SSSR count). The lowest BCUT2D eigenvalue weighted by Crippen LogP contribution is -2.44. The summed E-state index contributed by atoms with van der Waals surface area (Å²) in [5.41, 5.74) is 1.99. The highest BCUT2D eigenvalue weighted by atomic mass is 32.1. The summed E-state index contributed by atoms with van der Waals surface area (Å²) in [4.78, 5) is 17.2. The summed E-state index contributed by atoms with van der Waals surface area (Å²) < 4.78 is 11.2. The largest absolute Gasteiger partial charge is 0.377 e. The van der Waals surface area contributed by atoms with Crippen LogP contribution in [0.1, 0.15) is 17.1 Å². The third-order valence-electron chi connectivity index (χ3n) is 4.73. The van der Waals surface area contributed by atoms with Crippen LogP contribution in [0, 0.1) is 13.8 Å². The Bertz CT molecular complexity index is 745. The fourth-order valence-electron chi connectivity index (χ4n) is 3.52. The maximum atomic E-state index is 5.58. The van der Waals surface area contributed by atoms with E-state index in [0.29, 0.717) is 32.5 Å². The molecule has 4 heterocycles. The second-order valence-electron chi connectivity index (χ2n) is 6.83. The highest BCUT2D eigenvalue weighted by Gasteiger charge is 2.27. The molecule has 2 aromatic heterocycles. The van der Waals surface area contributed by atoms with Gasteiger partial charge in [0.05, 0.1) is 53.7 Å². The molecule has 8 heteroatoms. The molecule has 7 nitrogen and oxygen atoms in total. The van der Waals surface area contributed by atoms with E-state index in [4.69, 9.17) is 14.5 Å². The van der Waals surface area contributed by atoms with E-state index in [9.17, 15) is 0 Å². The summed E-state index contributed by atoms with van der Waals surface area (Å²) in [6.07, 6.45) is 2.92. The fraction of sp³-hybridized carbons (Fsp3) is 0.611. The Morgan fingerprint density at radius 3 is 2.69 bits per heavy atom. The third-order valence-corrected chi connectivity index (χ3v) is 5.83. The summed E-state index contributed by atoms with van der Waals surface area (Å²) in [5.74, 6) is 0.797. The van der Waals surface area contributed by atoms with Gasteiger partial charge < -0.3 is 19.7 Å². The molecule has 0 spiro atoms. The van der Waals surface area contributed by atoms with E-state index in [1.807, 2.05) is 26.1 Å². The van der Waals surface area contributed by atoms with Crippen molar-refractivity contribution < 1.29 is 9.47 Å². The first-order chi connectivity index (χ1) is 12.7. The minimum atomic E-state index is 0.262. The Balaban J connectivity index is 1.42. The van der Waals surface area contributed by atoms with E-state index in [-0.39, 0.29) is 6.04 Å². The zero-order valence-electron chi connectivity index (χ0n) is 15.3. The first-order valence-electron chi connectivity index (χ1n) is 9.13. The normalized spacial score (nSPS) is 21.9. The first-order valence-corrected chi connectivity index (χ1v) is 9.94. The molecule has 2 aliphatic heterocycles. The Morgan fingerprint density at radius 2 is 1.96 bits per heavy atom. The van der Waals surface area contributed by atoms with Crippen LogP contribution in [0.2, 0.25) is 0 Å².